The molecule has 0 unspecified atom stereocenters. The van der Waals surface area contributed by atoms with Crippen molar-refractivity contribution in [1.29, 1.82) is 0 Å². The number of thioether (sulfide) groups is 1. The summed E-state index contributed by atoms with van der Waals surface area (Å²) in [6.07, 6.45) is 4.25. The van der Waals surface area contributed by atoms with E-state index in [9.17, 15) is 4.79 Å². The quantitative estimate of drug-likeness (QED) is 0.840. The zero-order chi connectivity index (χ0) is 12.7. The van der Waals surface area contributed by atoms with Gasteiger partial charge in [0.2, 0.25) is 0 Å². The van der Waals surface area contributed by atoms with E-state index in [4.69, 9.17) is 0 Å². The highest BCUT2D eigenvalue weighted by Crippen LogP contribution is 2.29. The molecule has 3 heteroatoms. The summed E-state index contributed by atoms with van der Waals surface area (Å²) in [7, 11) is 0. The SMILES string of the molecule is CCC(CC)(CNC(=O)c1ccccc1)SC. The van der Waals surface area contributed by atoms with Gasteiger partial charge in [-0.25, -0.2) is 0 Å². The first-order valence-electron chi connectivity index (χ1n) is 6.06. The summed E-state index contributed by atoms with van der Waals surface area (Å²) in [5, 5.41) is 3.03. The fraction of sp³-hybridized carbons (Fsp3) is 0.500. The van der Waals surface area contributed by atoms with Gasteiger partial charge in [-0.05, 0) is 31.2 Å². The minimum absolute atomic E-state index is 0.0194. The van der Waals surface area contributed by atoms with Crippen molar-refractivity contribution in [3.05, 3.63) is 35.9 Å². The Morgan fingerprint density at radius 1 is 1.24 bits per heavy atom. The van der Waals surface area contributed by atoms with Crippen molar-refractivity contribution in [2.45, 2.75) is 31.4 Å². The minimum atomic E-state index is 0.0194. The van der Waals surface area contributed by atoms with Crippen molar-refractivity contribution >= 4 is 17.7 Å². The van der Waals surface area contributed by atoms with Gasteiger partial charge >= 0.3 is 0 Å². The molecule has 0 aliphatic rings. The average Bonchev–Trinajstić information content (AvgIpc) is 2.41. The zero-order valence-electron chi connectivity index (χ0n) is 10.8. The third-order valence-corrected chi connectivity index (χ3v) is 4.92. The first kappa shape index (κ1) is 14.1. The maximum Gasteiger partial charge on any atom is 0.251 e. The summed E-state index contributed by atoms with van der Waals surface area (Å²) in [5.41, 5.74) is 0.731. The molecule has 0 aromatic heterocycles. The summed E-state index contributed by atoms with van der Waals surface area (Å²) in [4.78, 5) is 11.9. The van der Waals surface area contributed by atoms with Crippen LogP contribution in [0.25, 0.3) is 0 Å². The van der Waals surface area contributed by atoms with Crippen LogP contribution in [-0.2, 0) is 0 Å². The Bertz CT molecular complexity index is 338. The zero-order valence-corrected chi connectivity index (χ0v) is 11.6. The van der Waals surface area contributed by atoms with Gasteiger partial charge in [-0.15, -0.1) is 0 Å². The van der Waals surface area contributed by atoms with Crippen LogP contribution in [0.4, 0.5) is 0 Å². The third-order valence-electron chi connectivity index (χ3n) is 3.33. The Balaban J connectivity index is 2.59. The highest BCUT2D eigenvalue weighted by Gasteiger charge is 2.25. The fourth-order valence-corrected chi connectivity index (χ4v) is 2.59. The smallest absolute Gasteiger partial charge is 0.251 e. The van der Waals surface area contributed by atoms with Crippen molar-refractivity contribution in [1.82, 2.24) is 5.32 Å². The largest absolute Gasteiger partial charge is 0.351 e. The predicted octanol–water partition coefficient (Wildman–Crippen LogP) is 3.34. The lowest BCUT2D eigenvalue weighted by molar-refractivity contribution is 0.0949. The van der Waals surface area contributed by atoms with E-state index in [0.717, 1.165) is 24.9 Å². The lowest BCUT2D eigenvalue weighted by Gasteiger charge is -2.29. The highest BCUT2D eigenvalue weighted by atomic mass is 32.2. The van der Waals surface area contributed by atoms with Gasteiger partial charge in [0.1, 0.15) is 0 Å². The molecule has 2 nitrogen and oxygen atoms in total. The van der Waals surface area contributed by atoms with Crippen LogP contribution in [0.5, 0.6) is 0 Å². The molecule has 0 heterocycles. The molecule has 0 atom stereocenters. The summed E-state index contributed by atoms with van der Waals surface area (Å²) >= 11 is 1.84. The molecule has 0 radical (unpaired) electrons. The number of benzene rings is 1. The van der Waals surface area contributed by atoms with Gasteiger partial charge in [0.15, 0.2) is 0 Å². The standard InChI is InChI=1S/C14H21NOS/c1-4-14(5-2,17-3)11-15-13(16)12-9-7-6-8-10-12/h6-10H,4-5,11H2,1-3H3,(H,15,16). The average molecular weight is 251 g/mol. The lowest BCUT2D eigenvalue weighted by Crippen LogP contribution is -2.39. The van der Waals surface area contributed by atoms with Crippen LogP contribution in [0.1, 0.15) is 37.0 Å². The maximum atomic E-state index is 11.9. The molecule has 1 rings (SSSR count). The van der Waals surface area contributed by atoms with Gasteiger partial charge in [-0.3, -0.25) is 4.79 Å². The number of carbonyl (C=O) groups is 1. The molecule has 0 aliphatic carbocycles. The Labute approximate surface area is 108 Å². The number of rotatable bonds is 6. The normalized spacial score (nSPS) is 11.2. The number of hydrogen-bond acceptors (Lipinski definition) is 2. The van der Waals surface area contributed by atoms with Gasteiger partial charge in [-0.1, -0.05) is 32.0 Å². The molecule has 1 aromatic carbocycles. The molecular formula is C14H21NOS. The number of carbonyl (C=O) groups excluding carboxylic acids is 1. The maximum absolute atomic E-state index is 11.9. The minimum Gasteiger partial charge on any atom is -0.351 e. The first-order valence-corrected chi connectivity index (χ1v) is 7.28. The number of hydrogen-bond donors (Lipinski definition) is 1. The molecule has 0 bridgehead atoms. The second-order valence-corrected chi connectivity index (χ2v) is 5.42. The summed E-state index contributed by atoms with van der Waals surface area (Å²) in [6.45, 7) is 5.08. The number of nitrogens with one attached hydrogen (secondary N) is 1. The van der Waals surface area contributed by atoms with Crippen LogP contribution in [0.3, 0.4) is 0 Å². The van der Waals surface area contributed by atoms with Crippen molar-refractivity contribution in [3.63, 3.8) is 0 Å². The van der Waals surface area contributed by atoms with Gasteiger partial charge in [-0.2, -0.15) is 11.8 Å². The molecule has 0 saturated carbocycles. The summed E-state index contributed by atoms with van der Waals surface area (Å²) < 4.78 is 0.171. The van der Waals surface area contributed by atoms with E-state index in [1.54, 1.807) is 0 Å². The van der Waals surface area contributed by atoms with E-state index < -0.39 is 0 Å². The van der Waals surface area contributed by atoms with E-state index in [1.807, 2.05) is 42.1 Å². The summed E-state index contributed by atoms with van der Waals surface area (Å²) in [5.74, 6) is 0.0194. The van der Waals surface area contributed by atoms with Gasteiger partial charge in [0.25, 0.3) is 5.91 Å². The van der Waals surface area contributed by atoms with Crippen LogP contribution in [-0.4, -0.2) is 23.5 Å². The van der Waals surface area contributed by atoms with Gasteiger partial charge < -0.3 is 5.32 Å². The molecule has 0 saturated heterocycles. The second-order valence-electron chi connectivity index (χ2n) is 4.14. The highest BCUT2D eigenvalue weighted by molar-refractivity contribution is 8.00. The molecule has 1 N–H and O–H groups in total. The molecule has 17 heavy (non-hydrogen) atoms. The predicted molar refractivity (Wildman–Crippen MR) is 75.6 cm³/mol. The Hall–Kier alpha value is -0.960. The van der Waals surface area contributed by atoms with Crippen LogP contribution in [0.2, 0.25) is 0 Å². The summed E-state index contributed by atoms with van der Waals surface area (Å²) in [6, 6.07) is 9.37. The van der Waals surface area contributed by atoms with E-state index >= 15 is 0 Å². The molecule has 1 amide bonds. The van der Waals surface area contributed by atoms with E-state index in [-0.39, 0.29) is 10.7 Å². The van der Waals surface area contributed by atoms with Crippen molar-refractivity contribution in [3.8, 4) is 0 Å². The molecule has 0 fully saturated rings. The topological polar surface area (TPSA) is 29.1 Å². The van der Waals surface area contributed by atoms with Gasteiger partial charge in [0, 0.05) is 16.9 Å². The monoisotopic (exact) mass is 251 g/mol. The second kappa shape index (κ2) is 6.70. The van der Waals surface area contributed by atoms with Crippen LogP contribution in [0.15, 0.2) is 30.3 Å². The van der Waals surface area contributed by atoms with Crippen LogP contribution < -0.4 is 5.32 Å². The van der Waals surface area contributed by atoms with Gasteiger partial charge in [0.05, 0.1) is 0 Å². The molecule has 0 aliphatic heterocycles. The van der Waals surface area contributed by atoms with E-state index in [0.29, 0.717) is 0 Å². The van der Waals surface area contributed by atoms with E-state index in [1.165, 1.54) is 0 Å². The van der Waals surface area contributed by atoms with Crippen LogP contribution in [0, 0.1) is 0 Å². The Kier molecular flexibility index (Phi) is 5.56. The Morgan fingerprint density at radius 2 is 1.82 bits per heavy atom. The van der Waals surface area contributed by atoms with Crippen molar-refractivity contribution in [2.24, 2.45) is 0 Å². The van der Waals surface area contributed by atoms with Crippen molar-refractivity contribution in [2.75, 3.05) is 12.8 Å². The van der Waals surface area contributed by atoms with E-state index in [2.05, 4.69) is 25.4 Å². The Morgan fingerprint density at radius 3 is 2.29 bits per heavy atom. The van der Waals surface area contributed by atoms with Crippen LogP contribution >= 0.6 is 11.8 Å². The molecular weight excluding hydrogens is 230 g/mol. The number of amides is 1. The lowest BCUT2D eigenvalue weighted by atomic mass is 10.0. The molecule has 0 spiro atoms. The molecule has 94 valence electrons. The first-order chi connectivity index (χ1) is 8.17. The molecule has 1 aromatic rings. The third kappa shape index (κ3) is 3.77. The van der Waals surface area contributed by atoms with Crippen molar-refractivity contribution < 1.29 is 4.79 Å². The fourth-order valence-electron chi connectivity index (χ4n) is 1.79.